The lowest BCUT2D eigenvalue weighted by Crippen LogP contribution is -2.22. The quantitative estimate of drug-likeness (QED) is 0.524. The monoisotopic (exact) mass is 394 g/mol. The van der Waals surface area contributed by atoms with Crippen LogP contribution in [0.4, 0.5) is 5.69 Å². The van der Waals surface area contributed by atoms with Crippen LogP contribution in [0.3, 0.4) is 0 Å². The summed E-state index contributed by atoms with van der Waals surface area (Å²) < 4.78 is 0. The zero-order valence-corrected chi connectivity index (χ0v) is 15.1. The van der Waals surface area contributed by atoms with E-state index in [1.54, 1.807) is 25.3 Å². The summed E-state index contributed by atoms with van der Waals surface area (Å²) in [4.78, 5) is 16.4. The van der Waals surface area contributed by atoms with Gasteiger partial charge in [0.15, 0.2) is 0 Å². The lowest BCUT2D eigenvalue weighted by molar-refractivity contribution is -0.115. The van der Waals surface area contributed by atoms with Crippen molar-refractivity contribution in [3.05, 3.63) is 50.6 Å². The maximum atomic E-state index is 12.2. The highest BCUT2D eigenvalue weighted by molar-refractivity contribution is 8.00. The van der Waals surface area contributed by atoms with Crippen LogP contribution in [-0.2, 0) is 4.79 Å². The summed E-state index contributed by atoms with van der Waals surface area (Å²) in [6.07, 6.45) is 1.62. The van der Waals surface area contributed by atoms with Gasteiger partial charge < -0.3 is 5.32 Å². The first-order valence-electron chi connectivity index (χ1n) is 6.11. The lowest BCUT2D eigenvalue weighted by atomic mass is 10.3. The van der Waals surface area contributed by atoms with Gasteiger partial charge in [-0.2, -0.15) is 0 Å². The summed E-state index contributed by atoms with van der Waals surface area (Å²) in [6.45, 7) is 1.75. The van der Waals surface area contributed by atoms with Gasteiger partial charge in [-0.25, -0.2) is 4.98 Å². The van der Waals surface area contributed by atoms with Crippen LogP contribution in [0.15, 0.2) is 35.5 Å². The molecule has 0 bridgehead atoms. The van der Waals surface area contributed by atoms with Crippen molar-refractivity contribution in [1.82, 2.24) is 4.98 Å². The minimum atomic E-state index is -0.419. The second-order valence-electron chi connectivity index (χ2n) is 4.29. The number of nitrogens with one attached hydrogen (secondary N) is 1. The minimum Gasteiger partial charge on any atom is -0.324 e. The Hall–Kier alpha value is -0.650. The summed E-state index contributed by atoms with van der Waals surface area (Å²) in [5, 5.41) is 4.34. The number of aromatic nitrogens is 1. The highest BCUT2D eigenvalue weighted by Crippen LogP contribution is 2.33. The van der Waals surface area contributed by atoms with Crippen LogP contribution >= 0.6 is 58.2 Å². The van der Waals surface area contributed by atoms with Gasteiger partial charge in [-0.05, 0) is 31.2 Å². The van der Waals surface area contributed by atoms with Crippen LogP contribution < -0.4 is 5.32 Å². The summed E-state index contributed by atoms with van der Waals surface area (Å²) in [5.74, 6) is -0.244. The number of halogens is 4. The van der Waals surface area contributed by atoms with E-state index in [0.29, 0.717) is 30.8 Å². The van der Waals surface area contributed by atoms with Crippen LogP contribution in [0.2, 0.25) is 20.1 Å². The highest BCUT2D eigenvalue weighted by atomic mass is 35.5. The number of anilines is 1. The van der Waals surface area contributed by atoms with Gasteiger partial charge in [-0.3, -0.25) is 4.79 Å². The Morgan fingerprint density at radius 1 is 1.14 bits per heavy atom. The van der Waals surface area contributed by atoms with E-state index in [1.807, 2.05) is 0 Å². The molecule has 1 atom stereocenters. The molecule has 116 valence electrons. The SMILES string of the molecule is CC(Sc1ncccc1Cl)C(=O)Nc1cc(Cl)c(Cl)cc1Cl. The molecular weight excluding hydrogens is 386 g/mol. The standard InChI is InChI=1S/C14H10Cl4N2OS/c1-7(22-14-8(15)3-2-4-19-14)13(21)20-12-6-10(17)9(16)5-11(12)18/h2-7H,1H3,(H,20,21). The fourth-order valence-corrected chi connectivity index (χ4v) is 3.18. The third-order valence-electron chi connectivity index (χ3n) is 2.65. The van der Waals surface area contributed by atoms with Crippen LogP contribution in [0.1, 0.15) is 6.92 Å². The molecule has 0 aliphatic carbocycles. The maximum absolute atomic E-state index is 12.2. The molecule has 0 saturated carbocycles. The van der Waals surface area contributed by atoms with E-state index in [4.69, 9.17) is 46.4 Å². The molecule has 22 heavy (non-hydrogen) atoms. The van der Waals surface area contributed by atoms with Gasteiger partial charge in [-0.15, -0.1) is 0 Å². The number of rotatable bonds is 4. The molecule has 0 saturated heterocycles. The van der Waals surface area contributed by atoms with Crippen molar-refractivity contribution in [2.24, 2.45) is 0 Å². The molecule has 1 N–H and O–H groups in total. The van der Waals surface area contributed by atoms with E-state index >= 15 is 0 Å². The Bertz CT molecular complexity index is 711. The second-order valence-corrected chi connectivity index (χ2v) is 7.24. The van der Waals surface area contributed by atoms with Crippen molar-refractivity contribution < 1.29 is 4.79 Å². The zero-order valence-electron chi connectivity index (χ0n) is 11.2. The van der Waals surface area contributed by atoms with Crippen LogP contribution in [0.5, 0.6) is 0 Å². The van der Waals surface area contributed by atoms with E-state index in [1.165, 1.54) is 23.9 Å². The molecule has 1 heterocycles. The van der Waals surface area contributed by atoms with E-state index < -0.39 is 5.25 Å². The van der Waals surface area contributed by atoms with Gasteiger partial charge in [0.1, 0.15) is 5.03 Å². The van der Waals surface area contributed by atoms with E-state index in [0.717, 1.165) is 0 Å². The summed E-state index contributed by atoms with van der Waals surface area (Å²) in [5.41, 5.74) is 0.403. The van der Waals surface area contributed by atoms with Gasteiger partial charge in [-0.1, -0.05) is 58.2 Å². The summed E-state index contributed by atoms with van der Waals surface area (Å²) in [7, 11) is 0. The number of nitrogens with zero attached hydrogens (tertiary/aromatic N) is 1. The third kappa shape index (κ3) is 4.43. The van der Waals surface area contributed by atoms with E-state index in [9.17, 15) is 4.79 Å². The Morgan fingerprint density at radius 2 is 1.82 bits per heavy atom. The average Bonchev–Trinajstić information content (AvgIpc) is 2.47. The molecule has 0 spiro atoms. The van der Waals surface area contributed by atoms with Gasteiger partial charge >= 0.3 is 0 Å². The zero-order chi connectivity index (χ0) is 16.3. The summed E-state index contributed by atoms with van der Waals surface area (Å²) >= 11 is 25.1. The van der Waals surface area contributed by atoms with Crippen molar-refractivity contribution in [3.8, 4) is 0 Å². The number of hydrogen-bond donors (Lipinski definition) is 1. The van der Waals surface area contributed by atoms with Crippen molar-refractivity contribution in [3.63, 3.8) is 0 Å². The van der Waals surface area contributed by atoms with Crippen molar-refractivity contribution in [2.45, 2.75) is 17.2 Å². The predicted octanol–water partition coefficient (Wildman–Crippen LogP) is 5.81. The molecule has 0 radical (unpaired) electrons. The Balaban J connectivity index is 2.09. The fourth-order valence-electron chi connectivity index (χ4n) is 1.53. The first kappa shape index (κ1) is 17.7. The molecule has 1 unspecified atom stereocenters. The Kier molecular flexibility index (Phi) is 6.24. The van der Waals surface area contributed by atoms with Crippen molar-refractivity contribution in [1.29, 1.82) is 0 Å². The number of hydrogen-bond acceptors (Lipinski definition) is 3. The highest BCUT2D eigenvalue weighted by Gasteiger charge is 2.18. The molecule has 1 aromatic heterocycles. The Morgan fingerprint density at radius 3 is 2.50 bits per heavy atom. The van der Waals surface area contributed by atoms with Crippen LogP contribution in [0, 0.1) is 0 Å². The molecular formula is C14H10Cl4N2OS. The van der Waals surface area contributed by atoms with Gasteiger partial charge in [0.25, 0.3) is 0 Å². The number of amides is 1. The molecule has 0 aliphatic rings. The number of carbonyl (C=O) groups is 1. The van der Waals surface area contributed by atoms with Crippen LogP contribution in [-0.4, -0.2) is 16.1 Å². The first-order valence-corrected chi connectivity index (χ1v) is 8.50. The van der Waals surface area contributed by atoms with Gasteiger partial charge in [0.05, 0.1) is 31.0 Å². The van der Waals surface area contributed by atoms with Crippen LogP contribution in [0.25, 0.3) is 0 Å². The lowest BCUT2D eigenvalue weighted by Gasteiger charge is -2.13. The second kappa shape index (κ2) is 7.75. The van der Waals surface area contributed by atoms with Gasteiger partial charge in [0.2, 0.25) is 5.91 Å². The molecule has 2 rings (SSSR count). The number of carbonyl (C=O) groups excluding carboxylic acids is 1. The number of benzene rings is 1. The predicted molar refractivity (Wildman–Crippen MR) is 94.7 cm³/mol. The maximum Gasteiger partial charge on any atom is 0.237 e. The fraction of sp³-hybridized carbons (Fsp3) is 0.143. The van der Waals surface area contributed by atoms with Crippen molar-refractivity contribution in [2.75, 3.05) is 5.32 Å². The third-order valence-corrected chi connectivity index (χ3v) is 5.22. The van der Waals surface area contributed by atoms with Gasteiger partial charge in [0, 0.05) is 6.20 Å². The van der Waals surface area contributed by atoms with E-state index in [-0.39, 0.29) is 5.91 Å². The van der Waals surface area contributed by atoms with E-state index in [2.05, 4.69) is 10.3 Å². The molecule has 8 heteroatoms. The number of pyridine rings is 1. The first-order chi connectivity index (χ1) is 10.4. The smallest absolute Gasteiger partial charge is 0.237 e. The molecule has 2 aromatic rings. The molecule has 0 fully saturated rings. The topological polar surface area (TPSA) is 42.0 Å². The average molecular weight is 396 g/mol. The summed E-state index contributed by atoms with van der Waals surface area (Å²) in [6, 6.07) is 6.44. The largest absolute Gasteiger partial charge is 0.324 e. The minimum absolute atomic E-state index is 0.244. The normalized spacial score (nSPS) is 12.0. The van der Waals surface area contributed by atoms with Crippen molar-refractivity contribution >= 4 is 69.8 Å². The molecule has 1 aromatic carbocycles. The Labute approximate surface area is 152 Å². The molecule has 0 aliphatic heterocycles. The molecule has 3 nitrogen and oxygen atoms in total. The molecule has 1 amide bonds. The number of thioether (sulfide) groups is 1.